The van der Waals surface area contributed by atoms with Gasteiger partial charge in [-0.15, -0.1) is 0 Å². The van der Waals surface area contributed by atoms with Gasteiger partial charge in [-0.05, 0) is 59.0 Å². The lowest BCUT2D eigenvalue weighted by atomic mass is 9.98. The molecule has 5 aromatic rings. The molecular weight excluding hydrogens is 540 g/mol. The Kier molecular flexibility index (Phi) is 8.79. The number of ether oxygens (including phenoxy) is 2. The van der Waals surface area contributed by atoms with Crippen LogP contribution in [0.3, 0.4) is 0 Å². The zero-order valence-electron chi connectivity index (χ0n) is 24.1. The minimum absolute atomic E-state index is 0.00383. The van der Waals surface area contributed by atoms with E-state index in [0.717, 1.165) is 44.4 Å². The highest BCUT2D eigenvalue weighted by molar-refractivity contribution is 5.75. The van der Waals surface area contributed by atoms with Gasteiger partial charge in [0.05, 0.1) is 42.7 Å². The second-order valence-corrected chi connectivity index (χ2v) is 10.8. The lowest BCUT2D eigenvalue weighted by Gasteiger charge is -2.36. The molecular formula is C35H36N4O4. The SMILES string of the molecule is CCNC(=O)NCc1cccc(-c2cccc([C@H]3O[C@@H](Cn4cnc5ccccc54)C[C@@H](c4ccc(CO)cc4)O3)c2)c1. The van der Waals surface area contributed by atoms with E-state index < -0.39 is 6.29 Å². The zero-order valence-corrected chi connectivity index (χ0v) is 24.1. The quantitative estimate of drug-likeness (QED) is 0.192. The summed E-state index contributed by atoms with van der Waals surface area (Å²) >= 11 is 0. The number of nitrogens with one attached hydrogen (secondary N) is 2. The minimum Gasteiger partial charge on any atom is -0.392 e. The molecule has 1 aromatic heterocycles. The molecule has 8 nitrogen and oxygen atoms in total. The van der Waals surface area contributed by atoms with Crippen molar-refractivity contribution in [2.45, 2.75) is 51.5 Å². The van der Waals surface area contributed by atoms with Crippen molar-refractivity contribution in [1.82, 2.24) is 20.2 Å². The molecule has 1 fully saturated rings. The molecule has 1 aliphatic rings. The number of rotatable bonds is 9. The van der Waals surface area contributed by atoms with Crippen LogP contribution in [0.2, 0.25) is 0 Å². The van der Waals surface area contributed by atoms with Crippen LogP contribution in [0, 0.1) is 0 Å². The van der Waals surface area contributed by atoms with E-state index in [4.69, 9.17) is 9.47 Å². The zero-order chi connectivity index (χ0) is 29.6. The molecule has 0 bridgehead atoms. The van der Waals surface area contributed by atoms with Crippen molar-refractivity contribution in [3.8, 4) is 11.1 Å². The van der Waals surface area contributed by atoms with E-state index in [1.165, 1.54) is 0 Å². The topological polar surface area (TPSA) is 97.6 Å². The maximum absolute atomic E-state index is 11.9. The fourth-order valence-electron chi connectivity index (χ4n) is 5.54. The third-order valence-electron chi connectivity index (χ3n) is 7.75. The largest absolute Gasteiger partial charge is 0.392 e. The molecule has 0 radical (unpaired) electrons. The Labute approximate surface area is 251 Å². The van der Waals surface area contributed by atoms with Gasteiger partial charge < -0.3 is 29.8 Å². The van der Waals surface area contributed by atoms with Crippen molar-refractivity contribution in [2.24, 2.45) is 0 Å². The Balaban J connectivity index is 1.26. The molecule has 0 unspecified atom stereocenters. The minimum atomic E-state index is -0.571. The first kappa shape index (κ1) is 28.6. The van der Waals surface area contributed by atoms with Crippen LogP contribution in [0.5, 0.6) is 0 Å². The Morgan fingerprint density at radius 2 is 1.67 bits per heavy atom. The summed E-state index contributed by atoms with van der Waals surface area (Å²) in [6, 6.07) is 32.3. The fourth-order valence-corrected chi connectivity index (χ4v) is 5.54. The van der Waals surface area contributed by atoms with Crippen LogP contribution in [-0.2, 0) is 29.2 Å². The molecule has 1 saturated heterocycles. The summed E-state index contributed by atoms with van der Waals surface area (Å²) in [5, 5.41) is 15.2. The van der Waals surface area contributed by atoms with Crippen LogP contribution in [0.1, 0.15) is 48.0 Å². The highest BCUT2D eigenvalue weighted by Gasteiger charge is 2.32. The van der Waals surface area contributed by atoms with E-state index in [2.05, 4.69) is 50.5 Å². The first-order valence-electron chi connectivity index (χ1n) is 14.7. The first-order valence-corrected chi connectivity index (χ1v) is 14.7. The summed E-state index contributed by atoms with van der Waals surface area (Å²) in [4.78, 5) is 16.4. The highest BCUT2D eigenvalue weighted by Crippen LogP contribution is 2.39. The number of hydrogen-bond donors (Lipinski definition) is 3. The van der Waals surface area contributed by atoms with E-state index in [0.29, 0.717) is 26.1 Å². The van der Waals surface area contributed by atoms with Gasteiger partial charge in [-0.3, -0.25) is 0 Å². The Bertz CT molecular complexity index is 1680. The van der Waals surface area contributed by atoms with Gasteiger partial charge in [0, 0.05) is 25.1 Å². The van der Waals surface area contributed by atoms with Crippen LogP contribution in [0.25, 0.3) is 22.2 Å². The van der Waals surface area contributed by atoms with Crippen molar-refractivity contribution in [3.63, 3.8) is 0 Å². The molecule has 8 heteroatoms. The van der Waals surface area contributed by atoms with Gasteiger partial charge in [0.25, 0.3) is 0 Å². The number of hydrogen-bond acceptors (Lipinski definition) is 5. The third-order valence-corrected chi connectivity index (χ3v) is 7.75. The predicted molar refractivity (Wildman–Crippen MR) is 166 cm³/mol. The molecule has 0 saturated carbocycles. The van der Waals surface area contributed by atoms with Crippen LogP contribution in [0.4, 0.5) is 4.79 Å². The lowest BCUT2D eigenvalue weighted by Crippen LogP contribution is -2.34. The van der Waals surface area contributed by atoms with E-state index in [1.807, 2.05) is 80.0 Å². The Hall–Kier alpha value is -4.50. The van der Waals surface area contributed by atoms with E-state index in [-0.39, 0.29) is 24.8 Å². The normalized spacial score (nSPS) is 18.4. The maximum Gasteiger partial charge on any atom is 0.315 e. The number of aromatic nitrogens is 2. The monoisotopic (exact) mass is 576 g/mol. The maximum atomic E-state index is 11.9. The molecule has 0 spiro atoms. The van der Waals surface area contributed by atoms with Gasteiger partial charge in [0.2, 0.25) is 0 Å². The number of para-hydroxylation sites is 2. The fraction of sp³-hybridized carbons (Fsp3) is 0.257. The van der Waals surface area contributed by atoms with Gasteiger partial charge in [0.15, 0.2) is 6.29 Å². The average Bonchev–Trinajstić information content (AvgIpc) is 3.46. The number of nitrogens with zero attached hydrogens (tertiary/aromatic N) is 2. The van der Waals surface area contributed by atoms with Crippen molar-refractivity contribution in [3.05, 3.63) is 126 Å². The summed E-state index contributed by atoms with van der Waals surface area (Å²) in [5.41, 5.74) is 7.97. The molecule has 43 heavy (non-hydrogen) atoms. The van der Waals surface area contributed by atoms with E-state index in [9.17, 15) is 9.90 Å². The van der Waals surface area contributed by atoms with Crippen molar-refractivity contribution in [1.29, 1.82) is 0 Å². The van der Waals surface area contributed by atoms with E-state index in [1.54, 1.807) is 0 Å². The number of imidazole rings is 1. The molecule has 0 aliphatic carbocycles. The number of benzene rings is 4. The number of amides is 2. The number of fused-ring (bicyclic) bond motifs is 1. The first-order chi connectivity index (χ1) is 21.1. The molecule has 220 valence electrons. The van der Waals surface area contributed by atoms with Crippen molar-refractivity contribution < 1.29 is 19.4 Å². The summed E-state index contributed by atoms with van der Waals surface area (Å²) in [6.45, 7) is 3.56. The molecule has 3 atom stereocenters. The number of urea groups is 1. The smallest absolute Gasteiger partial charge is 0.315 e. The van der Waals surface area contributed by atoms with Crippen LogP contribution in [0.15, 0.2) is 103 Å². The van der Waals surface area contributed by atoms with Gasteiger partial charge in [-0.25, -0.2) is 9.78 Å². The second-order valence-electron chi connectivity index (χ2n) is 10.8. The number of aliphatic hydroxyl groups is 1. The molecule has 3 N–H and O–H groups in total. The third kappa shape index (κ3) is 6.78. The van der Waals surface area contributed by atoms with Gasteiger partial charge in [-0.2, -0.15) is 0 Å². The molecule has 2 amide bonds. The van der Waals surface area contributed by atoms with Gasteiger partial charge in [0.1, 0.15) is 0 Å². The van der Waals surface area contributed by atoms with Crippen LogP contribution >= 0.6 is 0 Å². The molecule has 6 rings (SSSR count). The molecule has 1 aliphatic heterocycles. The van der Waals surface area contributed by atoms with Crippen LogP contribution in [-0.4, -0.2) is 33.3 Å². The van der Waals surface area contributed by atoms with Gasteiger partial charge in [-0.1, -0.05) is 72.8 Å². The summed E-state index contributed by atoms with van der Waals surface area (Å²) in [5.74, 6) is 0. The molecule has 4 aromatic carbocycles. The molecule has 2 heterocycles. The lowest BCUT2D eigenvalue weighted by molar-refractivity contribution is -0.252. The Morgan fingerprint density at radius 1 is 0.884 bits per heavy atom. The Morgan fingerprint density at radius 3 is 2.49 bits per heavy atom. The second kappa shape index (κ2) is 13.2. The summed E-state index contributed by atoms with van der Waals surface area (Å²) in [6.07, 6.45) is 1.68. The summed E-state index contributed by atoms with van der Waals surface area (Å²) in [7, 11) is 0. The van der Waals surface area contributed by atoms with Crippen molar-refractivity contribution >= 4 is 17.1 Å². The number of carbonyl (C=O) groups is 1. The standard InChI is InChI=1S/C35H36N4O4/c1-2-36-35(41)37-20-25-7-5-8-27(17-25)28-9-6-10-29(18-28)34-42-30(21-39-23-38-31-11-3-4-12-32(31)39)19-33(43-34)26-15-13-24(22-40)14-16-26/h3-18,23,30,33-34,40H,2,19-22H2,1H3,(H2,36,37,41)/t30-,33+,34+/m1/s1. The summed E-state index contributed by atoms with van der Waals surface area (Å²) < 4.78 is 15.4. The predicted octanol–water partition coefficient (Wildman–Crippen LogP) is 6.26. The van der Waals surface area contributed by atoms with Gasteiger partial charge >= 0.3 is 6.03 Å². The van der Waals surface area contributed by atoms with Crippen molar-refractivity contribution in [2.75, 3.05) is 6.54 Å². The van der Waals surface area contributed by atoms with Crippen LogP contribution < -0.4 is 10.6 Å². The van der Waals surface area contributed by atoms with E-state index >= 15 is 0 Å². The highest BCUT2D eigenvalue weighted by atomic mass is 16.7. The average molecular weight is 577 g/mol. The number of aliphatic hydroxyl groups excluding tert-OH is 1. The number of carbonyl (C=O) groups excluding carboxylic acids is 1.